The molecule has 0 amide bonds. The van der Waals surface area contributed by atoms with Crippen molar-refractivity contribution < 1.29 is 19.1 Å². The van der Waals surface area contributed by atoms with Crippen molar-refractivity contribution in [2.24, 2.45) is 0 Å². The number of carbonyl (C=O) groups is 1. The molecule has 0 N–H and O–H groups in total. The minimum Gasteiger partial charge on any atom is -0.461 e. The van der Waals surface area contributed by atoms with E-state index in [1.807, 2.05) is 6.92 Å². The summed E-state index contributed by atoms with van der Waals surface area (Å²) in [5, 5.41) is 0. The standard InChI is InChI=1S/C6H9O4/c1-2-6(10-5-8)3-9-4-7/h5-6H,2-3H2,1H3. The van der Waals surface area contributed by atoms with Gasteiger partial charge in [0.25, 0.3) is 6.47 Å². The summed E-state index contributed by atoms with van der Waals surface area (Å²) in [6.07, 6.45) is 0.291. The van der Waals surface area contributed by atoms with Crippen LogP contribution in [0.4, 0.5) is 0 Å². The van der Waals surface area contributed by atoms with Crippen LogP contribution in [-0.4, -0.2) is 25.7 Å². The summed E-state index contributed by atoms with van der Waals surface area (Å²) in [5.41, 5.74) is 0. The second-order valence-electron chi connectivity index (χ2n) is 1.66. The highest BCUT2D eigenvalue weighted by Gasteiger charge is 2.05. The van der Waals surface area contributed by atoms with E-state index in [1.165, 1.54) is 6.47 Å². The SMILES string of the molecule is CCC(CO[C]=O)OC=O. The average Bonchev–Trinajstić information content (AvgIpc) is 1.98. The Morgan fingerprint density at radius 2 is 2.40 bits per heavy atom. The van der Waals surface area contributed by atoms with Gasteiger partial charge in [-0.15, -0.1) is 0 Å². The van der Waals surface area contributed by atoms with Gasteiger partial charge in [0.1, 0.15) is 12.7 Å². The molecule has 0 saturated heterocycles. The Bertz CT molecular complexity index is 102. The third-order valence-electron chi connectivity index (χ3n) is 1.03. The van der Waals surface area contributed by atoms with Crippen LogP contribution >= 0.6 is 0 Å². The van der Waals surface area contributed by atoms with Crippen molar-refractivity contribution in [3.05, 3.63) is 0 Å². The van der Waals surface area contributed by atoms with Crippen LogP contribution in [0.5, 0.6) is 0 Å². The van der Waals surface area contributed by atoms with Crippen LogP contribution in [0.25, 0.3) is 0 Å². The van der Waals surface area contributed by atoms with Gasteiger partial charge in [0, 0.05) is 0 Å². The normalized spacial score (nSPS) is 11.7. The third kappa shape index (κ3) is 3.88. The van der Waals surface area contributed by atoms with E-state index in [0.717, 1.165) is 0 Å². The van der Waals surface area contributed by atoms with Gasteiger partial charge >= 0.3 is 6.47 Å². The third-order valence-corrected chi connectivity index (χ3v) is 1.03. The summed E-state index contributed by atoms with van der Waals surface area (Å²) in [6.45, 7) is 3.48. The molecule has 10 heavy (non-hydrogen) atoms. The Morgan fingerprint density at radius 3 is 2.80 bits per heavy atom. The van der Waals surface area contributed by atoms with Gasteiger partial charge in [-0.3, -0.25) is 4.79 Å². The monoisotopic (exact) mass is 145 g/mol. The highest BCUT2D eigenvalue weighted by molar-refractivity contribution is 5.39. The smallest absolute Gasteiger partial charge is 0.417 e. The molecule has 0 bridgehead atoms. The molecule has 0 aliphatic heterocycles. The van der Waals surface area contributed by atoms with Gasteiger partial charge < -0.3 is 9.47 Å². The zero-order valence-electron chi connectivity index (χ0n) is 5.70. The van der Waals surface area contributed by atoms with Gasteiger partial charge in [-0.25, -0.2) is 4.79 Å². The van der Waals surface area contributed by atoms with Gasteiger partial charge in [0.15, 0.2) is 0 Å². The molecule has 0 aliphatic carbocycles. The molecule has 0 aromatic heterocycles. The van der Waals surface area contributed by atoms with Crippen molar-refractivity contribution in [2.45, 2.75) is 19.4 Å². The minimum absolute atomic E-state index is 0.0821. The predicted molar refractivity (Wildman–Crippen MR) is 32.9 cm³/mol. The Morgan fingerprint density at radius 1 is 1.70 bits per heavy atom. The molecule has 0 spiro atoms. The molecule has 1 radical (unpaired) electrons. The zero-order valence-corrected chi connectivity index (χ0v) is 5.70. The van der Waals surface area contributed by atoms with Crippen molar-refractivity contribution in [1.29, 1.82) is 0 Å². The topological polar surface area (TPSA) is 52.6 Å². The number of rotatable bonds is 6. The number of hydrogen-bond acceptors (Lipinski definition) is 4. The lowest BCUT2D eigenvalue weighted by Crippen LogP contribution is -2.17. The molecular weight excluding hydrogens is 136 g/mol. The van der Waals surface area contributed by atoms with Crippen molar-refractivity contribution in [1.82, 2.24) is 0 Å². The van der Waals surface area contributed by atoms with E-state index in [9.17, 15) is 9.59 Å². The Labute approximate surface area is 59.1 Å². The van der Waals surface area contributed by atoms with E-state index in [2.05, 4.69) is 9.47 Å². The van der Waals surface area contributed by atoms with Crippen LogP contribution in [-0.2, 0) is 19.1 Å². The molecule has 1 atom stereocenters. The summed E-state index contributed by atoms with van der Waals surface area (Å²) in [7, 11) is 0. The summed E-state index contributed by atoms with van der Waals surface area (Å²) in [5.74, 6) is 0. The van der Waals surface area contributed by atoms with E-state index in [1.54, 1.807) is 0 Å². The van der Waals surface area contributed by atoms with E-state index in [0.29, 0.717) is 12.9 Å². The molecule has 0 aliphatic rings. The van der Waals surface area contributed by atoms with E-state index < -0.39 is 0 Å². The second-order valence-corrected chi connectivity index (χ2v) is 1.66. The summed E-state index contributed by atoms with van der Waals surface area (Å²) < 4.78 is 8.76. The van der Waals surface area contributed by atoms with Crippen LogP contribution in [0.15, 0.2) is 0 Å². The van der Waals surface area contributed by atoms with Crippen molar-refractivity contribution in [3.8, 4) is 0 Å². The first-order chi connectivity index (χ1) is 4.85. The maximum atomic E-state index is 9.76. The first kappa shape index (κ1) is 8.94. The van der Waals surface area contributed by atoms with Crippen LogP contribution in [0.2, 0.25) is 0 Å². The maximum absolute atomic E-state index is 9.76. The van der Waals surface area contributed by atoms with Gasteiger partial charge in [0.2, 0.25) is 0 Å². The fraction of sp³-hybridized carbons (Fsp3) is 0.667. The van der Waals surface area contributed by atoms with Gasteiger partial charge in [0.05, 0.1) is 0 Å². The molecule has 0 aromatic carbocycles. The van der Waals surface area contributed by atoms with E-state index >= 15 is 0 Å². The van der Waals surface area contributed by atoms with Crippen molar-refractivity contribution in [2.75, 3.05) is 6.61 Å². The summed E-state index contributed by atoms with van der Waals surface area (Å²) >= 11 is 0. The molecule has 4 heteroatoms. The lowest BCUT2D eigenvalue weighted by Gasteiger charge is -2.09. The van der Waals surface area contributed by atoms with E-state index in [4.69, 9.17) is 0 Å². The lowest BCUT2D eigenvalue weighted by atomic mass is 10.3. The molecule has 57 valence electrons. The number of carbonyl (C=O) groups excluding carboxylic acids is 2. The first-order valence-corrected chi connectivity index (χ1v) is 2.93. The lowest BCUT2D eigenvalue weighted by molar-refractivity contribution is -0.135. The van der Waals surface area contributed by atoms with E-state index in [-0.39, 0.29) is 12.7 Å². The molecular formula is C6H9O4. The summed E-state index contributed by atoms with van der Waals surface area (Å²) in [4.78, 5) is 19.3. The van der Waals surface area contributed by atoms with Crippen LogP contribution in [0.3, 0.4) is 0 Å². The Kier molecular flexibility index (Phi) is 5.42. The Hall–Kier alpha value is -1.06. The fourth-order valence-electron chi connectivity index (χ4n) is 0.459. The minimum atomic E-state index is -0.334. The molecule has 0 fully saturated rings. The predicted octanol–water partition coefficient (Wildman–Crippen LogP) is 0.0218. The molecule has 1 unspecified atom stereocenters. The maximum Gasteiger partial charge on any atom is 0.417 e. The highest BCUT2D eigenvalue weighted by atomic mass is 16.6. The number of ether oxygens (including phenoxy) is 2. The Balaban J connectivity index is 3.38. The fourth-order valence-corrected chi connectivity index (χ4v) is 0.459. The van der Waals surface area contributed by atoms with Crippen LogP contribution in [0, 0.1) is 0 Å². The van der Waals surface area contributed by atoms with Gasteiger partial charge in [-0.05, 0) is 6.42 Å². The highest BCUT2D eigenvalue weighted by Crippen LogP contribution is 1.95. The molecule has 0 saturated carbocycles. The largest absolute Gasteiger partial charge is 0.461 e. The average molecular weight is 145 g/mol. The number of hydrogen-bond donors (Lipinski definition) is 0. The second kappa shape index (κ2) is 6.07. The van der Waals surface area contributed by atoms with Gasteiger partial charge in [-0.2, -0.15) is 0 Å². The molecule has 0 rings (SSSR count). The summed E-state index contributed by atoms with van der Waals surface area (Å²) in [6, 6.07) is 0. The molecule has 0 heterocycles. The van der Waals surface area contributed by atoms with Crippen molar-refractivity contribution in [3.63, 3.8) is 0 Å². The first-order valence-electron chi connectivity index (χ1n) is 2.93. The zero-order chi connectivity index (χ0) is 7.82. The van der Waals surface area contributed by atoms with Crippen LogP contribution < -0.4 is 0 Å². The van der Waals surface area contributed by atoms with Crippen molar-refractivity contribution >= 4 is 12.9 Å². The van der Waals surface area contributed by atoms with Gasteiger partial charge in [-0.1, -0.05) is 6.92 Å². The quantitative estimate of drug-likeness (QED) is 0.494. The molecule has 4 nitrogen and oxygen atoms in total. The molecule has 0 aromatic rings. The van der Waals surface area contributed by atoms with Crippen LogP contribution in [0.1, 0.15) is 13.3 Å².